The lowest BCUT2D eigenvalue weighted by atomic mass is 9.80. The minimum Gasteiger partial charge on any atom is -0.448 e. The van der Waals surface area contributed by atoms with E-state index < -0.39 is 5.60 Å². The molecule has 2 heterocycles. The first kappa shape index (κ1) is 21.6. The fourth-order valence-corrected chi connectivity index (χ4v) is 4.57. The molecule has 0 atom stereocenters. The minimum absolute atomic E-state index is 0.205. The maximum absolute atomic E-state index is 12.6. The van der Waals surface area contributed by atoms with Gasteiger partial charge in [-0.1, -0.05) is 13.8 Å². The van der Waals surface area contributed by atoms with E-state index in [4.69, 9.17) is 9.52 Å². The second-order valence-corrected chi connectivity index (χ2v) is 9.64. The van der Waals surface area contributed by atoms with Crippen molar-refractivity contribution >= 4 is 22.5 Å². The number of nitrogens with one attached hydrogen (secondary N) is 1. The van der Waals surface area contributed by atoms with Gasteiger partial charge in [0.15, 0.2) is 11.6 Å². The smallest absolute Gasteiger partial charge is 0.277 e. The molecule has 3 aromatic rings. The van der Waals surface area contributed by atoms with E-state index in [1.54, 1.807) is 20.8 Å². The van der Waals surface area contributed by atoms with E-state index in [-0.39, 0.29) is 11.6 Å². The largest absolute Gasteiger partial charge is 0.448 e. The third-order valence-corrected chi connectivity index (χ3v) is 6.48. The predicted octanol–water partition coefficient (Wildman–Crippen LogP) is 5.20. The fourth-order valence-electron chi connectivity index (χ4n) is 4.57. The number of nitrogens with zero attached hydrogens (tertiary/aromatic N) is 3. The molecule has 1 fully saturated rings. The molecule has 0 bridgehead atoms. The third kappa shape index (κ3) is 4.51. The van der Waals surface area contributed by atoms with Gasteiger partial charge in [-0.3, -0.25) is 9.48 Å². The number of oxazole rings is 1. The Morgan fingerprint density at radius 2 is 1.97 bits per heavy atom. The molecule has 0 spiro atoms. The van der Waals surface area contributed by atoms with Crippen molar-refractivity contribution in [2.75, 3.05) is 5.32 Å². The minimum atomic E-state index is -1.14. The number of hydrogen-bond donors (Lipinski definition) is 2. The summed E-state index contributed by atoms with van der Waals surface area (Å²) in [6.07, 6.45) is 8.10. The maximum atomic E-state index is 12.6. The fraction of sp³-hybridized carbons (Fsp3) is 0.542. The monoisotopic (exact) mass is 424 g/mol. The highest BCUT2D eigenvalue weighted by Gasteiger charge is 2.27. The summed E-state index contributed by atoms with van der Waals surface area (Å²) in [5.41, 5.74) is 1.04. The number of aryl methyl sites for hydroxylation is 1. The summed E-state index contributed by atoms with van der Waals surface area (Å²) in [7, 11) is 0. The quantitative estimate of drug-likeness (QED) is 0.587. The first-order valence-corrected chi connectivity index (χ1v) is 11.1. The second-order valence-electron chi connectivity index (χ2n) is 9.64. The Labute approximate surface area is 182 Å². The van der Waals surface area contributed by atoms with Crippen LogP contribution < -0.4 is 5.32 Å². The number of anilines is 1. The van der Waals surface area contributed by atoms with E-state index in [9.17, 15) is 9.90 Å². The number of carbonyl (C=O) groups is 1. The first-order valence-electron chi connectivity index (χ1n) is 11.1. The summed E-state index contributed by atoms with van der Waals surface area (Å²) in [6.45, 7) is 9.71. The van der Waals surface area contributed by atoms with Crippen LogP contribution in [0.4, 0.5) is 5.69 Å². The van der Waals surface area contributed by atoms with Gasteiger partial charge in [0.2, 0.25) is 0 Å². The molecule has 0 aliphatic heterocycles. The highest BCUT2D eigenvalue weighted by Crippen LogP contribution is 2.37. The van der Waals surface area contributed by atoms with Crippen molar-refractivity contribution in [2.45, 2.75) is 71.9 Å². The average Bonchev–Trinajstić information content (AvgIpc) is 3.32. The molecule has 0 unspecified atom stereocenters. The van der Waals surface area contributed by atoms with E-state index in [2.05, 4.69) is 35.0 Å². The normalized spacial score (nSPS) is 19.8. The lowest BCUT2D eigenvalue weighted by Crippen LogP contribution is -2.21. The lowest BCUT2D eigenvalue weighted by Gasteiger charge is -2.30. The summed E-state index contributed by atoms with van der Waals surface area (Å²) in [5, 5.41) is 19.4. The molecule has 4 rings (SSSR count). The SMILES string of the molecule is Cc1nc(C(=O)Nc2cc3cn([C@H]4CC[C@H](C(C)C)CC4)nc3cc2C(C)(C)O)co1. The molecule has 1 aliphatic carbocycles. The Kier molecular flexibility index (Phi) is 5.64. The molecule has 166 valence electrons. The zero-order valence-electron chi connectivity index (χ0n) is 19.0. The number of fused-ring (bicyclic) bond motifs is 1. The van der Waals surface area contributed by atoms with Crippen LogP contribution in [0.2, 0.25) is 0 Å². The number of amides is 1. The van der Waals surface area contributed by atoms with Crippen molar-refractivity contribution in [1.29, 1.82) is 0 Å². The van der Waals surface area contributed by atoms with E-state index >= 15 is 0 Å². The number of aliphatic hydroxyl groups is 1. The van der Waals surface area contributed by atoms with E-state index in [1.807, 2.05) is 12.1 Å². The Bertz CT molecular complexity index is 1080. The van der Waals surface area contributed by atoms with Gasteiger partial charge in [-0.05, 0) is 63.5 Å². The Hall–Kier alpha value is -2.67. The van der Waals surface area contributed by atoms with Crippen molar-refractivity contribution < 1.29 is 14.3 Å². The molecule has 31 heavy (non-hydrogen) atoms. The van der Waals surface area contributed by atoms with Crippen LogP contribution in [0.15, 0.2) is 29.0 Å². The molecule has 1 aromatic carbocycles. The summed E-state index contributed by atoms with van der Waals surface area (Å²) in [6, 6.07) is 4.15. The number of benzene rings is 1. The van der Waals surface area contributed by atoms with Gasteiger partial charge in [-0.25, -0.2) is 4.98 Å². The molecule has 7 heteroatoms. The van der Waals surface area contributed by atoms with Gasteiger partial charge in [-0.2, -0.15) is 5.10 Å². The zero-order valence-corrected chi connectivity index (χ0v) is 19.0. The van der Waals surface area contributed by atoms with Crippen LogP contribution in [0.25, 0.3) is 10.9 Å². The number of rotatable bonds is 5. The number of carbonyl (C=O) groups excluding carboxylic acids is 1. The van der Waals surface area contributed by atoms with Crippen LogP contribution in [-0.4, -0.2) is 25.8 Å². The average molecular weight is 425 g/mol. The molecule has 0 radical (unpaired) electrons. The molecular weight excluding hydrogens is 392 g/mol. The van der Waals surface area contributed by atoms with Crippen LogP contribution in [0, 0.1) is 18.8 Å². The molecule has 2 N–H and O–H groups in total. The van der Waals surface area contributed by atoms with Crippen molar-refractivity contribution in [3.05, 3.63) is 41.7 Å². The third-order valence-electron chi connectivity index (χ3n) is 6.48. The number of hydrogen-bond acceptors (Lipinski definition) is 5. The first-order chi connectivity index (χ1) is 14.6. The van der Waals surface area contributed by atoms with Gasteiger partial charge in [-0.15, -0.1) is 0 Å². The Morgan fingerprint density at radius 1 is 1.26 bits per heavy atom. The van der Waals surface area contributed by atoms with Crippen molar-refractivity contribution in [1.82, 2.24) is 14.8 Å². The van der Waals surface area contributed by atoms with Gasteiger partial charge >= 0.3 is 0 Å². The second kappa shape index (κ2) is 8.11. The summed E-state index contributed by atoms with van der Waals surface area (Å²) < 4.78 is 7.22. The van der Waals surface area contributed by atoms with Crippen LogP contribution in [0.5, 0.6) is 0 Å². The molecule has 0 saturated heterocycles. The van der Waals surface area contributed by atoms with Gasteiger partial charge in [0, 0.05) is 29.8 Å². The van der Waals surface area contributed by atoms with Gasteiger partial charge < -0.3 is 14.8 Å². The van der Waals surface area contributed by atoms with Gasteiger partial charge in [0.25, 0.3) is 5.91 Å². The predicted molar refractivity (Wildman–Crippen MR) is 120 cm³/mol. The zero-order chi connectivity index (χ0) is 22.3. The summed E-state index contributed by atoms with van der Waals surface area (Å²) in [4.78, 5) is 16.7. The lowest BCUT2D eigenvalue weighted by molar-refractivity contribution is 0.0793. The molecule has 2 aromatic heterocycles. The van der Waals surface area contributed by atoms with Crippen molar-refractivity contribution in [3.8, 4) is 0 Å². The van der Waals surface area contributed by atoms with Crippen molar-refractivity contribution in [3.63, 3.8) is 0 Å². The summed E-state index contributed by atoms with van der Waals surface area (Å²) in [5.74, 6) is 1.58. The van der Waals surface area contributed by atoms with Crippen LogP contribution in [0.1, 0.15) is 81.4 Å². The van der Waals surface area contributed by atoms with E-state index in [0.717, 1.165) is 35.6 Å². The molecule has 7 nitrogen and oxygen atoms in total. The molecule has 1 saturated carbocycles. The van der Waals surface area contributed by atoms with E-state index in [1.165, 1.54) is 19.1 Å². The van der Waals surface area contributed by atoms with Crippen molar-refractivity contribution in [2.24, 2.45) is 11.8 Å². The molecular formula is C24H32N4O3. The Balaban J connectivity index is 1.64. The topological polar surface area (TPSA) is 93.2 Å². The van der Waals surface area contributed by atoms with E-state index in [0.29, 0.717) is 23.2 Å². The molecule has 1 amide bonds. The van der Waals surface area contributed by atoms with Gasteiger partial charge in [0.1, 0.15) is 6.26 Å². The summed E-state index contributed by atoms with van der Waals surface area (Å²) >= 11 is 0. The van der Waals surface area contributed by atoms with Crippen LogP contribution in [0.3, 0.4) is 0 Å². The maximum Gasteiger partial charge on any atom is 0.277 e. The highest BCUT2D eigenvalue weighted by atomic mass is 16.3. The standard InChI is InChI=1S/C24H32N4O3/c1-14(2)16-6-8-18(9-7-16)28-12-17-10-21(19(24(4,5)30)11-20(17)27-28)26-23(29)22-13-31-15(3)25-22/h10-14,16,18,30H,6-9H2,1-5H3,(H,26,29)/t16-,18-. The van der Waals surface area contributed by atoms with Crippen LogP contribution in [-0.2, 0) is 5.60 Å². The number of aromatic nitrogens is 3. The molecule has 1 aliphatic rings. The van der Waals surface area contributed by atoms with Gasteiger partial charge in [0.05, 0.1) is 17.2 Å². The Morgan fingerprint density at radius 3 is 2.55 bits per heavy atom. The highest BCUT2D eigenvalue weighted by molar-refractivity contribution is 6.04. The van der Waals surface area contributed by atoms with Crippen LogP contribution >= 0.6 is 0 Å².